The van der Waals surface area contributed by atoms with E-state index in [0.29, 0.717) is 16.6 Å². The van der Waals surface area contributed by atoms with Gasteiger partial charge in [-0.3, -0.25) is 9.78 Å². The first-order chi connectivity index (χ1) is 8.65. The highest BCUT2D eigenvalue weighted by Crippen LogP contribution is 2.22. The fourth-order valence-electron chi connectivity index (χ4n) is 1.39. The maximum Gasteiger partial charge on any atom is 0.188 e. The number of carbonyl (C=O) groups is 1. The van der Waals surface area contributed by atoms with E-state index in [1.54, 1.807) is 18.6 Å². The molecule has 94 valence electrons. The van der Waals surface area contributed by atoms with Gasteiger partial charge in [0.15, 0.2) is 10.9 Å². The molecule has 0 aromatic carbocycles. The number of aromatic nitrogens is 2. The lowest BCUT2D eigenvalue weighted by atomic mass is 10.3. The highest BCUT2D eigenvalue weighted by molar-refractivity contribution is 7.17. The van der Waals surface area contributed by atoms with E-state index in [4.69, 9.17) is 0 Å². The van der Waals surface area contributed by atoms with Crippen molar-refractivity contribution in [3.63, 3.8) is 0 Å². The van der Waals surface area contributed by atoms with Crippen molar-refractivity contribution in [1.29, 1.82) is 0 Å². The Morgan fingerprint density at radius 2 is 2.28 bits per heavy atom. The number of Topliss-reactive ketones (excluding diaryl/α,β-unsaturated/α-hetero) is 1. The zero-order valence-electron chi connectivity index (χ0n) is 10.3. The summed E-state index contributed by atoms with van der Waals surface area (Å²) in [4.78, 5) is 22.5. The Bertz CT molecular complexity index is 524. The van der Waals surface area contributed by atoms with Crippen molar-refractivity contribution in [1.82, 2.24) is 14.9 Å². The van der Waals surface area contributed by atoms with Crippen LogP contribution in [0, 0.1) is 0 Å². The number of nitrogens with zero attached hydrogens (tertiary/aromatic N) is 3. The summed E-state index contributed by atoms with van der Waals surface area (Å²) in [5.41, 5.74) is 0.860. The Hall–Kier alpha value is -1.79. The molecule has 5 nitrogen and oxygen atoms in total. The zero-order chi connectivity index (χ0) is 13.0. The van der Waals surface area contributed by atoms with Crippen LogP contribution in [0.3, 0.4) is 0 Å². The number of hydrogen-bond acceptors (Lipinski definition) is 6. The molecule has 0 fully saturated rings. The van der Waals surface area contributed by atoms with Crippen LogP contribution in [0.5, 0.6) is 0 Å². The van der Waals surface area contributed by atoms with Gasteiger partial charge in [-0.1, -0.05) is 11.3 Å². The number of ketones is 1. The SMILES string of the molecule is CN(C)CC(=O)c1cnc(Nc2cccnc2)s1. The first kappa shape index (κ1) is 12.7. The van der Waals surface area contributed by atoms with Gasteiger partial charge in [-0.25, -0.2) is 4.98 Å². The van der Waals surface area contributed by atoms with Crippen LogP contribution < -0.4 is 5.32 Å². The summed E-state index contributed by atoms with van der Waals surface area (Å²) in [6.07, 6.45) is 5.02. The molecule has 2 heterocycles. The molecule has 2 rings (SSSR count). The summed E-state index contributed by atoms with van der Waals surface area (Å²) in [7, 11) is 3.74. The molecule has 0 spiro atoms. The van der Waals surface area contributed by atoms with Gasteiger partial charge in [0.25, 0.3) is 0 Å². The molecule has 2 aromatic heterocycles. The van der Waals surface area contributed by atoms with Gasteiger partial charge in [0.1, 0.15) is 0 Å². The van der Waals surface area contributed by atoms with Gasteiger partial charge in [-0.2, -0.15) is 0 Å². The molecular weight excluding hydrogens is 248 g/mol. The normalized spacial score (nSPS) is 10.6. The molecule has 0 aliphatic rings. The standard InChI is InChI=1S/C12H14N4OS/c1-16(2)8-10(17)11-7-14-12(18-11)15-9-4-3-5-13-6-9/h3-7H,8H2,1-2H3,(H,14,15). The monoisotopic (exact) mass is 262 g/mol. The van der Waals surface area contributed by atoms with Crippen molar-refractivity contribution in [2.75, 3.05) is 26.0 Å². The van der Waals surface area contributed by atoms with Crippen molar-refractivity contribution in [3.8, 4) is 0 Å². The molecule has 0 saturated carbocycles. The Balaban J connectivity index is 2.04. The molecule has 0 amide bonds. The fraction of sp³-hybridized carbons (Fsp3) is 0.250. The number of thiazole rings is 1. The van der Waals surface area contributed by atoms with Crippen molar-refractivity contribution < 1.29 is 4.79 Å². The number of pyridine rings is 1. The first-order valence-corrected chi connectivity index (χ1v) is 6.27. The van der Waals surface area contributed by atoms with E-state index >= 15 is 0 Å². The first-order valence-electron chi connectivity index (χ1n) is 5.46. The Morgan fingerprint density at radius 3 is 2.94 bits per heavy atom. The van der Waals surface area contributed by atoms with Gasteiger partial charge in [0.05, 0.1) is 29.5 Å². The minimum atomic E-state index is 0.0803. The summed E-state index contributed by atoms with van der Waals surface area (Å²) in [5.74, 6) is 0.0803. The van der Waals surface area contributed by atoms with Gasteiger partial charge < -0.3 is 10.2 Å². The van der Waals surface area contributed by atoms with E-state index in [2.05, 4.69) is 15.3 Å². The average Bonchev–Trinajstić information content (AvgIpc) is 2.78. The number of nitrogens with one attached hydrogen (secondary N) is 1. The molecule has 0 bridgehead atoms. The van der Waals surface area contributed by atoms with Crippen LogP contribution >= 0.6 is 11.3 Å². The number of rotatable bonds is 5. The third-order valence-corrected chi connectivity index (χ3v) is 3.11. The van der Waals surface area contributed by atoms with Crippen molar-refractivity contribution in [2.45, 2.75) is 0 Å². The molecule has 18 heavy (non-hydrogen) atoms. The van der Waals surface area contributed by atoms with Crippen molar-refractivity contribution >= 4 is 27.9 Å². The van der Waals surface area contributed by atoms with E-state index in [9.17, 15) is 4.79 Å². The molecule has 6 heteroatoms. The zero-order valence-corrected chi connectivity index (χ0v) is 11.1. The van der Waals surface area contributed by atoms with Crippen LogP contribution in [-0.2, 0) is 0 Å². The minimum absolute atomic E-state index is 0.0803. The third-order valence-electron chi connectivity index (χ3n) is 2.15. The summed E-state index contributed by atoms with van der Waals surface area (Å²) in [6.45, 7) is 0.397. The highest BCUT2D eigenvalue weighted by Gasteiger charge is 2.11. The maximum atomic E-state index is 11.8. The summed E-state index contributed by atoms with van der Waals surface area (Å²) < 4.78 is 0. The second-order valence-electron chi connectivity index (χ2n) is 4.06. The fourth-order valence-corrected chi connectivity index (χ4v) is 2.15. The smallest absolute Gasteiger partial charge is 0.188 e. The molecule has 0 aliphatic heterocycles. The van der Waals surface area contributed by atoms with Crippen LogP contribution in [0.15, 0.2) is 30.7 Å². The molecule has 0 unspecified atom stereocenters. The summed E-state index contributed by atoms with van der Waals surface area (Å²) in [5, 5.41) is 3.81. The number of hydrogen-bond donors (Lipinski definition) is 1. The van der Waals surface area contributed by atoms with Crippen LogP contribution in [0.1, 0.15) is 9.67 Å². The van der Waals surface area contributed by atoms with E-state index in [1.807, 2.05) is 31.1 Å². The predicted molar refractivity (Wildman–Crippen MR) is 72.5 cm³/mol. The topological polar surface area (TPSA) is 58.1 Å². The average molecular weight is 262 g/mol. The lowest BCUT2D eigenvalue weighted by Gasteiger charge is -2.05. The second-order valence-corrected chi connectivity index (χ2v) is 5.09. The van der Waals surface area contributed by atoms with E-state index < -0.39 is 0 Å². The third kappa shape index (κ3) is 3.35. The van der Waals surface area contributed by atoms with Crippen LogP contribution in [0.4, 0.5) is 10.8 Å². The van der Waals surface area contributed by atoms with Crippen molar-refractivity contribution in [3.05, 3.63) is 35.6 Å². The second kappa shape index (κ2) is 5.70. The molecule has 0 radical (unpaired) electrons. The van der Waals surface area contributed by atoms with Gasteiger partial charge >= 0.3 is 0 Å². The molecule has 0 aliphatic carbocycles. The van der Waals surface area contributed by atoms with Gasteiger partial charge in [-0.15, -0.1) is 0 Å². The summed E-state index contributed by atoms with van der Waals surface area (Å²) >= 11 is 1.35. The van der Waals surface area contributed by atoms with Crippen LogP contribution in [-0.4, -0.2) is 41.3 Å². The molecule has 1 N–H and O–H groups in total. The molecule has 0 atom stereocenters. The highest BCUT2D eigenvalue weighted by atomic mass is 32.1. The Labute approximate surface area is 109 Å². The molecule has 2 aromatic rings. The van der Waals surface area contributed by atoms with Crippen LogP contribution in [0.2, 0.25) is 0 Å². The predicted octanol–water partition coefficient (Wildman–Crippen LogP) is 2.03. The van der Waals surface area contributed by atoms with Gasteiger partial charge in [-0.05, 0) is 26.2 Å². The van der Waals surface area contributed by atoms with E-state index in [0.717, 1.165) is 5.69 Å². The molecule has 0 saturated heterocycles. The van der Waals surface area contributed by atoms with Gasteiger partial charge in [0, 0.05) is 6.20 Å². The number of anilines is 2. The number of carbonyl (C=O) groups excluding carboxylic acids is 1. The number of likely N-dealkylation sites (N-methyl/N-ethyl adjacent to an activating group) is 1. The van der Waals surface area contributed by atoms with E-state index in [1.165, 1.54) is 11.3 Å². The Kier molecular flexibility index (Phi) is 4.01. The van der Waals surface area contributed by atoms with Crippen molar-refractivity contribution in [2.24, 2.45) is 0 Å². The quantitative estimate of drug-likeness (QED) is 0.835. The largest absolute Gasteiger partial charge is 0.330 e. The van der Waals surface area contributed by atoms with Gasteiger partial charge in [0.2, 0.25) is 0 Å². The molecular formula is C12H14N4OS. The summed E-state index contributed by atoms with van der Waals surface area (Å²) in [6, 6.07) is 3.74. The Morgan fingerprint density at radius 1 is 1.44 bits per heavy atom. The maximum absolute atomic E-state index is 11.8. The lowest BCUT2D eigenvalue weighted by molar-refractivity contribution is 0.0961. The van der Waals surface area contributed by atoms with E-state index in [-0.39, 0.29) is 5.78 Å². The van der Waals surface area contributed by atoms with Crippen LogP contribution in [0.25, 0.3) is 0 Å². The lowest BCUT2D eigenvalue weighted by Crippen LogP contribution is -2.20. The minimum Gasteiger partial charge on any atom is -0.330 e.